The summed E-state index contributed by atoms with van der Waals surface area (Å²) >= 11 is 0. The van der Waals surface area contributed by atoms with E-state index in [9.17, 15) is 19.5 Å². The second-order valence-corrected chi connectivity index (χ2v) is 9.30. The Hall–Kier alpha value is -2.19. The molecule has 2 spiro atoms. The summed E-state index contributed by atoms with van der Waals surface area (Å²) in [6, 6.07) is 1.78. The lowest BCUT2D eigenvalue weighted by molar-refractivity contribution is -0.217. The molecule has 2 aliphatic carbocycles. The fourth-order valence-electron chi connectivity index (χ4n) is 6.63. The van der Waals surface area contributed by atoms with Crippen molar-refractivity contribution in [1.29, 1.82) is 0 Å². The SMILES string of the molecule is CC(=O)OC[C@@]12[C@H](O)C[C@@H](C)[C@]3(C[C@@H](c4ccoc4)OC3=O)[C@H]1CCC(=O)[C@]21CO1. The Morgan fingerprint density at radius 2 is 2.13 bits per heavy atom. The maximum atomic E-state index is 13.5. The van der Waals surface area contributed by atoms with Crippen LogP contribution in [0.15, 0.2) is 23.0 Å². The van der Waals surface area contributed by atoms with E-state index in [1.165, 1.54) is 6.92 Å². The summed E-state index contributed by atoms with van der Waals surface area (Å²) in [7, 11) is 0. The van der Waals surface area contributed by atoms with E-state index in [2.05, 4.69) is 0 Å². The van der Waals surface area contributed by atoms with Crippen molar-refractivity contribution in [3.63, 3.8) is 0 Å². The lowest BCUT2D eigenvalue weighted by Gasteiger charge is -2.60. The Morgan fingerprint density at radius 3 is 2.77 bits per heavy atom. The number of hydrogen-bond acceptors (Lipinski definition) is 8. The second-order valence-electron chi connectivity index (χ2n) is 9.30. The van der Waals surface area contributed by atoms with Crippen molar-refractivity contribution < 1.29 is 38.1 Å². The highest BCUT2D eigenvalue weighted by Gasteiger charge is 2.80. The number of hydrogen-bond donors (Lipinski definition) is 1. The van der Waals surface area contributed by atoms with Gasteiger partial charge in [0.1, 0.15) is 12.7 Å². The fraction of sp³-hybridized carbons (Fsp3) is 0.682. The molecular weight excluding hydrogens is 392 g/mol. The third-order valence-corrected chi connectivity index (χ3v) is 8.17. The molecule has 0 aromatic carbocycles. The lowest BCUT2D eigenvalue weighted by atomic mass is 9.42. The van der Waals surface area contributed by atoms with Gasteiger partial charge in [0, 0.05) is 25.3 Å². The smallest absolute Gasteiger partial charge is 0.313 e. The average Bonchev–Trinajstić information content (AvgIpc) is 3.16. The summed E-state index contributed by atoms with van der Waals surface area (Å²) in [6.07, 6.45) is 3.13. The first-order chi connectivity index (χ1) is 14.3. The summed E-state index contributed by atoms with van der Waals surface area (Å²) in [6.45, 7) is 3.27. The molecule has 8 nitrogen and oxygen atoms in total. The number of aliphatic hydroxyl groups is 1. The zero-order valence-corrected chi connectivity index (χ0v) is 17.1. The molecule has 1 N–H and O–H groups in total. The molecule has 2 saturated heterocycles. The van der Waals surface area contributed by atoms with Crippen LogP contribution >= 0.6 is 0 Å². The first-order valence-electron chi connectivity index (χ1n) is 10.5. The van der Waals surface area contributed by atoms with Crippen molar-refractivity contribution in [2.45, 2.75) is 57.3 Å². The molecule has 3 heterocycles. The molecule has 5 rings (SSSR count). The Labute approximate surface area is 173 Å². The van der Waals surface area contributed by atoms with E-state index in [1.54, 1.807) is 18.6 Å². The van der Waals surface area contributed by atoms with Crippen LogP contribution in [0, 0.1) is 22.7 Å². The van der Waals surface area contributed by atoms with Gasteiger partial charge >= 0.3 is 11.9 Å². The molecule has 0 radical (unpaired) electrons. The summed E-state index contributed by atoms with van der Waals surface area (Å²) < 4.78 is 22.1. The van der Waals surface area contributed by atoms with Crippen LogP contribution in [0.1, 0.15) is 51.2 Å². The third kappa shape index (κ3) is 2.32. The zero-order valence-electron chi connectivity index (χ0n) is 17.1. The molecular formula is C22H26O8. The second kappa shape index (κ2) is 6.40. The Kier molecular flexibility index (Phi) is 4.22. The van der Waals surface area contributed by atoms with Crippen molar-refractivity contribution in [1.82, 2.24) is 0 Å². The van der Waals surface area contributed by atoms with Crippen LogP contribution in [0.4, 0.5) is 0 Å². The Balaban J connectivity index is 1.62. The van der Waals surface area contributed by atoms with Gasteiger partial charge in [0.05, 0.1) is 36.1 Å². The predicted molar refractivity (Wildman–Crippen MR) is 99.9 cm³/mol. The van der Waals surface area contributed by atoms with Gasteiger partial charge in [-0.05, 0) is 30.7 Å². The number of fused-ring (bicyclic) bond motifs is 3. The first-order valence-corrected chi connectivity index (χ1v) is 10.5. The monoisotopic (exact) mass is 418 g/mol. The maximum absolute atomic E-state index is 13.5. The standard InChI is InChI=1S/C22H26O8/c1-12-7-18(25)21(10-28-13(2)23)16(3-4-17(24)22(21)11-29-22)20(12)8-15(30-19(20)26)14-5-6-27-9-14/h5-6,9,12,15-16,18,25H,3-4,7-8,10-11H2,1-2H3/t12-,15+,16-,18-,20-,21+,22-/m1/s1. The Morgan fingerprint density at radius 1 is 1.37 bits per heavy atom. The number of ether oxygens (including phenoxy) is 3. The van der Waals surface area contributed by atoms with Crippen LogP contribution in [-0.2, 0) is 28.6 Å². The number of Topliss-reactive ketones (excluding diaryl/α,β-unsaturated/α-hetero) is 1. The number of epoxide rings is 1. The number of ketones is 1. The van der Waals surface area contributed by atoms with Crippen molar-refractivity contribution in [3.05, 3.63) is 24.2 Å². The normalized spacial score (nSPS) is 44.8. The highest BCUT2D eigenvalue weighted by Crippen LogP contribution is 2.70. The van der Waals surface area contributed by atoms with E-state index >= 15 is 0 Å². The lowest BCUT2D eigenvalue weighted by Crippen LogP contribution is -2.70. The molecule has 4 aliphatic rings. The molecule has 2 aliphatic heterocycles. The number of cyclic esters (lactones) is 1. The van der Waals surface area contributed by atoms with E-state index in [1.807, 2.05) is 6.92 Å². The summed E-state index contributed by atoms with van der Waals surface area (Å²) in [5.74, 6) is -1.49. The summed E-state index contributed by atoms with van der Waals surface area (Å²) in [5, 5.41) is 11.3. The van der Waals surface area contributed by atoms with Gasteiger partial charge in [-0.25, -0.2) is 0 Å². The molecule has 0 bridgehead atoms. The van der Waals surface area contributed by atoms with Crippen LogP contribution < -0.4 is 0 Å². The topological polar surface area (TPSA) is 116 Å². The molecule has 0 unspecified atom stereocenters. The van der Waals surface area contributed by atoms with E-state index in [0.717, 1.165) is 5.56 Å². The van der Waals surface area contributed by atoms with Crippen LogP contribution in [-0.4, -0.2) is 47.7 Å². The van der Waals surface area contributed by atoms with Gasteiger partial charge in [-0.2, -0.15) is 0 Å². The van der Waals surface area contributed by atoms with Crippen molar-refractivity contribution in [2.24, 2.45) is 22.7 Å². The van der Waals surface area contributed by atoms with E-state index < -0.39 is 40.5 Å². The molecule has 0 amide bonds. The van der Waals surface area contributed by atoms with Gasteiger partial charge in [0.25, 0.3) is 0 Å². The number of carbonyl (C=O) groups excluding carboxylic acids is 3. The summed E-state index contributed by atoms with van der Waals surface area (Å²) in [4.78, 5) is 38.1. The van der Waals surface area contributed by atoms with Gasteiger partial charge < -0.3 is 23.7 Å². The fourth-order valence-corrected chi connectivity index (χ4v) is 6.63. The van der Waals surface area contributed by atoms with Crippen molar-refractivity contribution >= 4 is 17.7 Å². The minimum atomic E-state index is -1.20. The molecule has 4 fully saturated rings. The third-order valence-electron chi connectivity index (χ3n) is 8.17. The largest absolute Gasteiger partial charge is 0.472 e. The van der Waals surface area contributed by atoms with Crippen LogP contribution in [0.3, 0.4) is 0 Å². The van der Waals surface area contributed by atoms with E-state index in [-0.39, 0.29) is 37.3 Å². The minimum Gasteiger partial charge on any atom is -0.472 e. The zero-order chi connectivity index (χ0) is 21.3. The predicted octanol–water partition coefficient (Wildman–Crippen LogP) is 1.95. The molecule has 2 saturated carbocycles. The quantitative estimate of drug-likeness (QED) is 0.585. The molecule has 8 heteroatoms. The van der Waals surface area contributed by atoms with Crippen LogP contribution in [0.5, 0.6) is 0 Å². The van der Waals surface area contributed by atoms with Gasteiger partial charge in [0.15, 0.2) is 11.4 Å². The highest BCUT2D eigenvalue weighted by atomic mass is 16.6. The van der Waals surface area contributed by atoms with Crippen LogP contribution in [0.2, 0.25) is 0 Å². The molecule has 1 aromatic heterocycles. The number of esters is 2. The first kappa shape index (κ1) is 19.8. The molecule has 30 heavy (non-hydrogen) atoms. The van der Waals surface area contributed by atoms with Crippen molar-refractivity contribution in [2.75, 3.05) is 13.2 Å². The molecule has 1 aromatic rings. The van der Waals surface area contributed by atoms with Gasteiger partial charge in [-0.1, -0.05) is 6.92 Å². The van der Waals surface area contributed by atoms with Gasteiger partial charge in [-0.3, -0.25) is 14.4 Å². The summed E-state index contributed by atoms with van der Waals surface area (Å²) in [5.41, 5.74) is -2.48. The highest BCUT2D eigenvalue weighted by molar-refractivity contribution is 5.93. The van der Waals surface area contributed by atoms with E-state index in [4.69, 9.17) is 18.6 Å². The number of furan rings is 1. The maximum Gasteiger partial charge on any atom is 0.313 e. The number of rotatable bonds is 3. The molecule has 162 valence electrons. The minimum absolute atomic E-state index is 0.0904. The van der Waals surface area contributed by atoms with E-state index in [0.29, 0.717) is 19.3 Å². The van der Waals surface area contributed by atoms with Gasteiger partial charge in [-0.15, -0.1) is 0 Å². The van der Waals surface area contributed by atoms with Crippen molar-refractivity contribution in [3.8, 4) is 0 Å². The molecule has 7 atom stereocenters. The Bertz CT molecular complexity index is 887. The number of carbonyl (C=O) groups is 3. The number of aliphatic hydroxyl groups excluding tert-OH is 1. The van der Waals surface area contributed by atoms with Gasteiger partial charge in [0.2, 0.25) is 0 Å². The average molecular weight is 418 g/mol. The van der Waals surface area contributed by atoms with Crippen LogP contribution in [0.25, 0.3) is 0 Å².